The fraction of sp³-hybridized carbons (Fsp3) is 0.400. The van der Waals surface area contributed by atoms with Crippen LogP contribution in [0.25, 0.3) is 0 Å². The molecule has 0 aliphatic rings. The van der Waals surface area contributed by atoms with E-state index in [4.69, 9.17) is 16.3 Å². The van der Waals surface area contributed by atoms with Crippen LogP contribution in [-0.2, 0) is 14.3 Å². The standard InChI is InChI=1S/C15H18ClNO4S/c1-10(18)9-21-15(20)13(7-8-22-2)17-14(19)11-3-5-12(16)6-4-11/h3-6,13H,7-9H2,1-2H3,(H,17,19)/t13-/m1/s1. The lowest BCUT2D eigenvalue weighted by atomic mass is 10.1. The summed E-state index contributed by atoms with van der Waals surface area (Å²) in [6.07, 6.45) is 2.33. The summed E-state index contributed by atoms with van der Waals surface area (Å²) in [5.74, 6) is -0.559. The van der Waals surface area contributed by atoms with Crippen LogP contribution in [0.3, 0.4) is 0 Å². The summed E-state index contributed by atoms with van der Waals surface area (Å²) in [5, 5.41) is 3.15. The topological polar surface area (TPSA) is 72.5 Å². The van der Waals surface area contributed by atoms with E-state index < -0.39 is 12.0 Å². The van der Waals surface area contributed by atoms with Gasteiger partial charge in [-0.3, -0.25) is 9.59 Å². The third kappa shape index (κ3) is 6.49. The third-order valence-corrected chi connectivity index (χ3v) is 3.62. The number of carbonyl (C=O) groups is 3. The Balaban J connectivity index is 2.70. The summed E-state index contributed by atoms with van der Waals surface area (Å²) in [6.45, 7) is 1.04. The monoisotopic (exact) mass is 343 g/mol. The van der Waals surface area contributed by atoms with Crippen molar-refractivity contribution in [2.75, 3.05) is 18.6 Å². The molecule has 0 spiro atoms. The van der Waals surface area contributed by atoms with Crippen molar-refractivity contribution in [3.63, 3.8) is 0 Å². The third-order valence-electron chi connectivity index (χ3n) is 2.72. The average Bonchev–Trinajstić information content (AvgIpc) is 2.49. The fourth-order valence-electron chi connectivity index (χ4n) is 1.60. The molecular formula is C15H18ClNO4S. The molecule has 0 aliphatic carbocycles. The molecule has 0 saturated carbocycles. The van der Waals surface area contributed by atoms with Gasteiger partial charge in [0, 0.05) is 10.6 Å². The van der Waals surface area contributed by atoms with Crippen molar-refractivity contribution >= 4 is 41.0 Å². The van der Waals surface area contributed by atoms with Gasteiger partial charge in [0.15, 0.2) is 5.78 Å². The Kier molecular flexibility index (Phi) is 7.98. The van der Waals surface area contributed by atoms with Crippen molar-refractivity contribution in [2.24, 2.45) is 0 Å². The number of benzene rings is 1. The number of amides is 1. The number of halogens is 1. The van der Waals surface area contributed by atoms with Gasteiger partial charge in [-0.05, 0) is 49.6 Å². The molecule has 1 N–H and O–H groups in total. The van der Waals surface area contributed by atoms with E-state index in [0.717, 1.165) is 0 Å². The molecule has 5 nitrogen and oxygen atoms in total. The van der Waals surface area contributed by atoms with Crippen molar-refractivity contribution in [3.05, 3.63) is 34.9 Å². The molecule has 0 fully saturated rings. The molecule has 1 aromatic carbocycles. The van der Waals surface area contributed by atoms with Crippen molar-refractivity contribution in [2.45, 2.75) is 19.4 Å². The summed E-state index contributed by atoms with van der Waals surface area (Å²) in [6, 6.07) is 5.56. The number of thioether (sulfide) groups is 1. The van der Waals surface area contributed by atoms with Gasteiger partial charge in [0.2, 0.25) is 0 Å². The van der Waals surface area contributed by atoms with Crippen LogP contribution in [0.4, 0.5) is 0 Å². The molecule has 22 heavy (non-hydrogen) atoms. The first-order valence-corrected chi connectivity index (χ1v) is 8.42. The van der Waals surface area contributed by atoms with Gasteiger partial charge in [-0.15, -0.1) is 0 Å². The van der Waals surface area contributed by atoms with Gasteiger partial charge in [0.1, 0.15) is 12.6 Å². The van der Waals surface area contributed by atoms with Gasteiger partial charge in [0.05, 0.1) is 0 Å². The number of ketones is 1. The highest BCUT2D eigenvalue weighted by Gasteiger charge is 2.22. The Labute approximate surface area is 138 Å². The molecule has 0 saturated heterocycles. The summed E-state index contributed by atoms with van der Waals surface area (Å²) >= 11 is 7.32. The second-order valence-electron chi connectivity index (χ2n) is 4.62. The first-order chi connectivity index (χ1) is 10.4. The number of rotatable bonds is 8. The largest absolute Gasteiger partial charge is 0.456 e. The van der Waals surface area contributed by atoms with Gasteiger partial charge in [-0.1, -0.05) is 11.6 Å². The molecule has 1 amide bonds. The van der Waals surface area contributed by atoms with E-state index >= 15 is 0 Å². The number of ether oxygens (including phenoxy) is 1. The zero-order chi connectivity index (χ0) is 16.5. The second kappa shape index (κ2) is 9.48. The minimum atomic E-state index is -0.782. The number of carbonyl (C=O) groups excluding carboxylic acids is 3. The van der Waals surface area contributed by atoms with Crippen LogP contribution >= 0.6 is 23.4 Å². The lowest BCUT2D eigenvalue weighted by Gasteiger charge is -2.17. The molecule has 0 radical (unpaired) electrons. The first kappa shape index (κ1) is 18.5. The molecule has 0 aromatic heterocycles. The lowest BCUT2D eigenvalue weighted by molar-refractivity contribution is -0.149. The van der Waals surface area contributed by atoms with Crippen LogP contribution in [0, 0.1) is 0 Å². The van der Waals surface area contributed by atoms with Crippen LogP contribution in [0.5, 0.6) is 0 Å². The minimum absolute atomic E-state index is 0.249. The molecule has 0 unspecified atom stereocenters. The molecule has 7 heteroatoms. The Hall–Kier alpha value is -1.53. The van der Waals surface area contributed by atoms with Gasteiger partial charge >= 0.3 is 5.97 Å². The van der Waals surface area contributed by atoms with Gasteiger partial charge in [-0.25, -0.2) is 4.79 Å². The van der Waals surface area contributed by atoms with Gasteiger partial charge in [0.25, 0.3) is 5.91 Å². The Morgan fingerprint density at radius 1 is 1.27 bits per heavy atom. The molecule has 0 heterocycles. The number of esters is 1. The predicted octanol–water partition coefficient (Wildman–Crippen LogP) is 2.32. The molecular weight excluding hydrogens is 326 g/mol. The first-order valence-electron chi connectivity index (χ1n) is 6.65. The zero-order valence-electron chi connectivity index (χ0n) is 12.4. The highest BCUT2D eigenvalue weighted by Crippen LogP contribution is 2.10. The van der Waals surface area contributed by atoms with Crippen molar-refractivity contribution in [1.82, 2.24) is 5.32 Å². The Morgan fingerprint density at radius 3 is 2.45 bits per heavy atom. The second-order valence-corrected chi connectivity index (χ2v) is 6.05. The highest BCUT2D eigenvalue weighted by atomic mass is 35.5. The lowest BCUT2D eigenvalue weighted by Crippen LogP contribution is -2.42. The smallest absolute Gasteiger partial charge is 0.329 e. The minimum Gasteiger partial charge on any atom is -0.456 e. The normalized spacial score (nSPS) is 11.6. The predicted molar refractivity (Wildman–Crippen MR) is 87.3 cm³/mol. The Morgan fingerprint density at radius 2 is 1.91 bits per heavy atom. The maximum atomic E-state index is 12.1. The van der Waals surface area contributed by atoms with Crippen molar-refractivity contribution in [1.29, 1.82) is 0 Å². The molecule has 1 rings (SSSR count). The van der Waals surface area contributed by atoms with Crippen molar-refractivity contribution in [3.8, 4) is 0 Å². The van der Waals surface area contributed by atoms with E-state index in [9.17, 15) is 14.4 Å². The molecule has 120 valence electrons. The van der Waals surface area contributed by atoms with Crippen LogP contribution in [-0.4, -0.2) is 42.3 Å². The molecule has 0 aliphatic heterocycles. The summed E-state index contributed by atoms with van der Waals surface area (Å²) < 4.78 is 4.88. The van der Waals surface area contributed by atoms with E-state index in [-0.39, 0.29) is 18.3 Å². The Bertz CT molecular complexity index is 533. The maximum Gasteiger partial charge on any atom is 0.329 e. The van der Waals surface area contributed by atoms with Gasteiger partial charge in [-0.2, -0.15) is 11.8 Å². The van der Waals surface area contributed by atoms with E-state index in [2.05, 4.69) is 5.32 Å². The zero-order valence-corrected chi connectivity index (χ0v) is 14.0. The maximum absolute atomic E-state index is 12.1. The molecule has 1 aromatic rings. The van der Waals surface area contributed by atoms with E-state index in [1.54, 1.807) is 36.0 Å². The quantitative estimate of drug-likeness (QED) is 0.733. The number of Topliss-reactive ketones (excluding diaryl/α,β-unsaturated/α-hetero) is 1. The summed E-state index contributed by atoms with van der Waals surface area (Å²) in [4.78, 5) is 35.0. The van der Waals surface area contributed by atoms with Crippen LogP contribution in [0.2, 0.25) is 5.02 Å². The van der Waals surface area contributed by atoms with Crippen LogP contribution < -0.4 is 5.32 Å². The van der Waals surface area contributed by atoms with E-state index in [1.165, 1.54) is 6.92 Å². The highest BCUT2D eigenvalue weighted by molar-refractivity contribution is 7.98. The number of hydrogen-bond donors (Lipinski definition) is 1. The average molecular weight is 344 g/mol. The number of hydrogen-bond acceptors (Lipinski definition) is 5. The summed E-state index contributed by atoms with van der Waals surface area (Å²) in [7, 11) is 0. The van der Waals surface area contributed by atoms with E-state index in [1.807, 2.05) is 6.26 Å². The van der Waals surface area contributed by atoms with Crippen molar-refractivity contribution < 1.29 is 19.1 Å². The SMILES string of the molecule is CSCC[C@@H](NC(=O)c1ccc(Cl)cc1)C(=O)OCC(C)=O. The molecule has 0 bridgehead atoms. The van der Waals surface area contributed by atoms with Crippen LogP contribution in [0.1, 0.15) is 23.7 Å². The summed E-state index contributed by atoms with van der Waals surface area (Å²) in [5.41, 5.74) is 0.401. The fourth-order valence-corrected chi connectivity index (χ4v) is 2.20. The molecule has 1 atom stereocenters. The van der Waals surface area contributed by atoms with Crippen LogP contribution in [0.15, 0.2) is 24.3 Å². The number of nitrogens with one attached hydrogen (secondary N) is 1. The van der Waals surface area contributed by atoms with E-state index in [0.29, 0.717) is 22.8 Å². The van der Waals surface area contributed by atoms with Gasteiger partial charge < -0.3 is 10.1 Å².